The van der Waals surface area contributed by atoms with Crippen LogP contribution in [0.2, 0.25) is 0 Å². The van der Waals surface area contributed by atoms with E-state index >= 15 is 0 Å². The number of nitrogens with zero attached hydrogens (tertiary/aromatic N) is 1. The van der Waals surface area contributed by atoms with Crippen molar-refractivity contribution in [2.45, 2.75) is 6.54 Å². The Balaban J connectivity index is 2.65. The summed E-state index contributed by atoms with van der Waals surface area (Å²) < 4.78 is 0. The van der Waals surface area contributed by atoms with Crippen LogP contribution in [0.5, 0.6) is 0 Å². The largest absolute Gasteiger partial charge is 0.304 e. The van der Waals surface area contributed by atoms with Crippen molar-refractivity contribution in [3.05, 3.63) is 21.9 Å². The number of thiophene rings is 1. The summed E-state index contributed by atoms with van der Waals surface area (Å²) in [5.74, 6) is 0. The Labute approximate surface area is 70.5 Å². The van der Waals surface area contributed by atoms with Gasteiger partial charge in [0.05, 0.1) is 0 Å². The Bertz CT molecular complexity index is 242. The van der Waals surface area contributed by atoms with Crippen LogP contribution in [0.4, 0.5) is 0 Å². The van der Waals surface area contributed by atoms with Gasteiger partial charge in [-0.15, -0.1) is 11.3 Å². The van der Waals surface area contributed by atoms with Crippen LogP contribution in [0, 0.1) is 0 Å². The Morgan fingerprint density at radius 3 is 2.82 bits per heavy atom. The summed E-state index contributed by atoms with van der Waals surface area (Å²) in [6.07, 6.45) is 0.885. The molecule has 0 unspecified atom stereocenters. The summed E-state index contributed by atoms with van der Waals surface area (Å²) in [5, 5.41) is 1.88. The SMILES string of the molecule is CN(C)Cc1cc(C=O)cs1. The van der Waals surface area contributed by atoms with E-state index in [1.807, 2.05) is 25.5 Å². The lowest BCUT2D eigenvalue weighted by atomic mass is 10.3. The van der Waals surface area contributed by atoms with Gasteiger partial charge in [-0.05, 0) is 20.2 Å². The predicted molar refractivity (Wildman–Crippen MR) is 47.1 cm³/mol. The molecule has 0 radical (unpaired) electrons. The van der Waals surface area contributed by atoms with Crippen LogP contribution < -0.4 is 0 Å². The normalized spacial score (nSPS) is 10.5. The van der Waals surface area contributed by atoms with Gasteiger partial charge < -0.3 is 4.90 Å². The fourth-order valence-electron chi connectivity index (χ4n) is 0.854. The average molecular weight is 169 g/mol. The van der Waals surface area contributed by atoms with Crippen molar-refractivity contribution in [3.63, 3.8) is 0 Å². The third-order valence-corrected chi connectivity index (χ3v) is 2.22. The van der Waals surface area contributed by atoms with Crippen molar-refractivity contribution in [2.24, 2.45) is 0 Å². The highest BCUT2D eigenvalue weighted by molar-refractivity contribution is 7.10. The minimum atomic E-state index is 0.784. The molecule has 0 N–H and O–H groups in total. The van der Waals surface area contributed by atoms with Crippen LogP contribution in [0.1, 0.15) is 15.2 Å². The minimum Gasteiger partial charge on any atom is -0.304 e. The summed E-state index contributed by atoms with van der Waals surface area (Å²) in [7, 11) is 4.03. The summed E-state index contributed by atoms with van der Waals surface area (Å²) in [6.45, 7) is 0.915. The summed E-state index contributed by atoms with van der Waals surface area (Å²) >= 11 is 1.63. The molecule has 1 heterocycles. The number of carbonyl (C=O) groups excluding carboxylic acids is 1. The highest BCUT2D eigenvalue weighted by Crippen LogP contribution is 2.13. The van der Waals surface area contributed by atoms with E-state index < -0.39 is 0 Å². The zero-order valence-electron chi connectivity index (χ0n) is 6.70. The van der Waals surface area contributed by atoms with Crippen LogP contribution in [0.3, 0.4) is 0 Å². The Hall–Kier alpha value is -0.670. The van der Waals surface area contributed by atoms with E-state index in [1.54, 1.807) is 11.3 Å². The fraction of sp³-hybridized carbons (Fsp3) is 0.375. The molecule has 3 heteroatoms. The first kappa shape index (κ1) is 8.43. The summed E-state index contributed by atoms with van der Waals surface area (Å²) in [4.78, 5) is 13.6. The first-order valence-corrected chi connectivity index (χ1v) is 4.27. The van der Waals surface area contributed by atoms with E-state index in [4.69, 9.17) is 0 Å². The lowest BCUT2D eigenvalue weighted by Crippen LogP contribution is -2.09. The van der Waals surface area contributed by atoms with Gasteiger partial charge in [-0.1, -0.05) is 0 Å². The summed E-state index contributed by atoms with van der Waals surface area (Å²) in [5.41, 5.74) is 0.784. The smallest absolute Gasteiger partial charge is 0.150 e. The maximum absolute atomic E-state index is 10.3. The predicted octanol–water partition coefficient (Wildman–Crippen LogP) is 1.62. The molecule has 0 saturated carbocycles. The molecule has 0 aromatic carbocycles. The number of hydrogen-bond acceptors (Lipinski definition) is 3. The van der Waals surface area contributed by atoms with Crippen molar-refractivity contribution in [3.8, 4) is 0 Å². The van der Waals surface area contributed by atoms with Gasteiger partial charge in [0.1, 0.15) is 0 Å². The number of hydrogen-bond donors (Lipinski definition) is 0. The van der Waals surface area contributed by atoms with Crippen molar-refractivity contribution in [2.75, 3.05) is 14.1 Å². The van der Waals surface area contributed by atoms with Gasteiger partial charge in [0, 0.05) is 22.4 Å². The van der Waals surface area contributed by atoms with Crippen molar-refractivity contribution < 1.29 is 4.79 Å². The zero-order valence-corrected chi connectivity index (χ0v) is 7.52. The average Bonchev–Trinajstić information content (AvgIpc) is 2.34. The minimum absolute atomic E-state index is 0.784. The monoisotopic (exact) mass is 169 g/mol. The third kappa shape index (κ3) is 2.44. The molecular weight excluding hydrogens is 158 g/mol. The molecule has 0 aliphatic carbocycles. The van der Waals surface area contributed by atoms with Gasteiger partial charge in [0.2, 0.25) is 0 Å². The first-order valence-electron chi connectivity index (χ1n) is 3.39. The standard InChI is InChI=1S/C8H11NOS/c1-9(2)4-8-3-7(5-10)6-11-8/h3,5-6H,4H2,1-2H3. The molecule has 0 bridgehead atoms. The van der Waals surface area contributed by atoms with Crippen LogP contribution in [0.15, 0.2) is 11.4 Å². The molecule has 60 valence electrons. The van der Waals surface area contributed by atoms with Crippen LogP contribution >= 0.6 is 11.3 Å². The Morgan fingerprint density at radius 2 is 2.36 bits per heavy atom. The molecular formula is C8H11NOS. The van der Waals surface area contributed by atoms with Gasteiger partial charge in [0.15, 0.2) is 6.29 Å². The van der Waals surface area contributed by atoms with Crippen LogP contribution in [-0.4, -0.2) is 25.3 Å². The van der Waals surface area contributed by atoms with Gasteiger partial charge in [-0.25, -0.2) is 0 Å². The molecule has 11 heavy (non-hydrogen) atoms. The molecule has 1 aromatic rings. The van der Waals surface area contributed by atoms with Crippen molar-refractivity contribution >= 4 is 17.6 Å². The lowest BCUT2D eigenvalue weighted by molar-refractivity contribution is 0.112. The van der Waals surface area contributed by atoms with E-state index in [2.05, 4.69) is 4.90 Å². The maximum Gasteiger partial charge on any atom is 0.150 e. The molecule has 0 fully saturated rings. The topological polar surface area (TPSA) is 20.3 Å². The van der Waals surface area contributed by atoms with Gasteiger partial charge in [0.25, 0.3) is 0 Å². The highest BCUT2D eigenvalue weighted by atomic mass is 32.1. The van der Waals surface area contributed by atoms with Crippen LogP contribution in [0.25, 0.3) is 0 Å². The second kappa shape index (κ2) is 3.64. The molecule has 0 saturated heterocycles. The maximum atomic E-state index is 10.3. The quantitative estimate of drug-likeness (QED) is 0.641. The Kier molecular flexibility index (Phi) is 2.79. The molecule has 0 aliphatic heterocycles. The number of rotatable bonds is 3. The van der Waals surface area contributed by atoms with E-state index in [1.165, 1.54) is 4.88 Å². The van der Waals surface area contributed by atoms with Crippen molar-refractivity contribution in [1.82, 2.24) is 4.90 Å². The van der Waals surface area contributed by atoms with E-state index in [-0.39, 0.29) is 0 Å². The lowest BCUT2D eigenvalue weighted by Gasteiger charge is -2.05. The van der Waals surface area contributed by atoms with Crippen LogP contribution in [-0.2, 0) is 6.54 Å². The zero-order chi connectivity index (χ0) is 8.27. The first-order chi connectivity index (χ1) is 5.22. The third-order valence-electron chi connectivity index (χ3n) is 1.28. The van der Waals surface area contributed by atoms with Gasteiger partial charge in [-0.2, -0.15) is 0 Å². The molecule has 0 aliphatic rings. The fourth-order valence-corrected chi connectivity index (χ4v) is 1.80. The number of aldehydes is 1. The molecule has 1 rings (SSSR count). The highest BCUT2D eigenvalue weighted by Gasteiger charge is 1.98. The van der Waals surface area contributed by atoms with E-state index in [0.717, 1.165) is 18.4 Å². The van der Waals surface area contributed by atoms with E-state index in [9.17, 15) is 4.79 Å². The van der Waals surface area contributed by atoms with Gasteiger partial charge in [-0.3, -0.25) is 4.79 Å². The van der Waals surface area contributed by atoms with E-state index in [0.29, 0.717) is 0 Å². The number of carbonyl (C=O) groups is 1. The second-order valence-electron chi connectivity index (χ2n) is 2.70. The molecule has 0 amide bonds. The van der Waals surface area contributed by atoms with Gasteiger partial charge >= 0.3 is 0 Å². The molecule has 1 aromatic heterocycles. The molecule has 2 nitrogen and oxygen atoms in total. The van der Waals surface area contributed by atoms with Crippen molar-refractivity contribution in [1.29, 1.82) is 0 Å². The second-order valence-corrected chi connectivity index (χ2v) is 3.70. The Morgan fingerprint density at radius 1 is 1.64 bits per heavy atom. The molecule has 0 atom stereocenters. The molecule has 0 spiro atoms. The summed E-state index contributed by atoms with van der Waals surface area (Å²) in [6, 6.07) is 1.93.